The molecule has 3 rings (SSSR count). The predicted octanol–water partition coefficient (Wildman–Crippen LogP) is 3.88. The minimum atomic E-state index is -0.301. The molecule has 0 N–H and O–H groups in total. The first-order valence-electron chi connectivity index (χ1n) is 12.2. The molecular weight excluding hydrogens is 466 g/mol. The summed E-state index contributed by atoms with van der Waals surface area (Å²) >= 11 is 6.84. The number of carbonyl (C=O) groups is 1. The van der Waals surface area contributed by atoms with Crippen molar-refractivity contribution in [3.63, 3.8) is 0 Å². The van der Waals surface area contributed by atoms with Crippen molar-refractivity contribution in [2.45, 2.75) is 52.9 Å². The molecule has 0 spiro atoms. The number of aromatic nitrogens is 1. The van der Waals surface area contributed by atoms with Crippen molar-refractivity contribution in [3.8, 4) is 6.07 Å². The number of hydrogen-bond acceptors (Lipinski definition) is 7. The Morgan fingerprint density at radius 1 is 1.09 bits per heavy atom. The number of nitrogens with zero attached hydrogens (tertiary/aromatic N) is 5. The second-order valence-electron chi connectivity index (χ2n) is 8.88. The van der Waals surface area contributed by atoms with Crippen molar-refractivity contribution in [2.24, 2.45) is 7.05 Å². The Morgan fingerprint density at radius 3 is 2.38 bits per heavy atom. The van der Waals surface area contributed by atoms with E-state index in [4.69, 9.17) is 12.2 Å². The molecule has 1 amide bonds. The summed E-state index contributed by atoms with van der Waals surface area (Å²) in [6.45, 7) is 11.1. The number of amides is 1. The minimum Gasteiger partial charge on any atom is -0.355 e. The Hall–Kier alpha value is -2.15. The van der Waals surface area contributed by atoms with Gasteiger partial charge in [-0.1, -0.05) is 63.5 Å². The lowest BCUT2D eigenvalue weighted by atomic mass is 10.0. The molecular formula is C25H35N5O2S2. The van der Waals surface area contributed by atoms with Crippen LogP contribution in [0.25, 0.3) is 6.08 Å². The zero-order valence-electron chi connectivity index (χ0n) is 20.7. The van der Waals surface area contributed by atoms with E-state index < -0.39 is 0 Å². The van der Waals surface area contributed by atoms with Gasteiger partial charge in [0.2, 0.25) is 0 Å². The van der Waals surface area contributed by atoms with Crippen molar-refractivity contribution in [3.05, 3.63) is 31.9 Å². The number of hydrogen-bond donors (Lipinski definition) is 0. The molecule has 0 unspecified atom stereocenters. The van der Waals surface area contributed by atoms with Gasteiger partial charge in [-0.25, -0.2) is 0 Å². The minimum absolute atomic E-state index is 0.0843. The molecule has 34 heavy (non-hydrogen) atoms. The van der Waals surface area contributed by atoms with Gasteiger partial charge in [0.15, 0.2) is 0 Å². The topological polar surface area (TPSA) is 72.6 Å². The van der Waals surface area contributed by atoms with Crippen molar-refractivity contribution in [2.75, 3.05) is 44.2 Å². The van der Waals surface area contributed by atoms with Crippen LogP contribution in [0.1, 0.15) is 62.6 Å². The summed E-state index contributed by atoms with van der Waals surface area (Å²) < 4.78 is 2.14. The van der Waals surface area contributed by atoms with E-state index in [9.17, 15) is 14.9 Å². The van der Waals surface area contributed by atoms with Gasteiger partial charge in [0.05, 0.1) is 4.91 Å². The Labute approximate surface area is 212 Å². The molecule has 1 aromatic heterocycles. The van der Waals surface area contributed by atoms with E-state index in [1.165, 1.54) is 31.0 Å². The van der Waals surface area contributed by atoms with Gasteiger partial charge in [-0.3, -0.25) is 19.1 Å². The van der Waals surface area contributed by atoms with Crippen LogP contribution in [0.5, 0.6) is 0 Å². The number of anilines is 1. The van der Waals surface area contributed by atoms with Gasteiger partial charge < -0.3 is 9.80 Å². The van der Waals surface area contributed by atoms with Crippen LogP contribution in [-0.4, -0.2) is 63.9 Å². The van der Waals surface area contributed by atoms with Crippen LogP contribution in [0.4, 0.5) is 5.82 Å². The highest BCUT2D eigenvalue weighted by molar-refractivity contribution is 8.26. The maximum absolute atomic E-state index is 13.2. The van der Waals surface area contributed by atoms with Gasteiger partial charge in [0.1, 0.15) is 21.8 Å². The number of rotatable bonds is 9. The molecule has 7 nitrogen and oxygen atoms in total. The van der Waals surface area contributed by atoms with E-state index in [0.29, 0.717) is 21.3 Å². The zero-order valence-corrected chi connectivity index (χ0v) is 22.4. The molecule has 2 aliphatic rings. The summed E-state index contributed by atoms with van der Waals surface area (Å²) in [5.74, 6) is 0.682. The zero-order chi connectivity index (χ0) is 24.8. The Balaban J connectivity index is 1.95. The molecule has 2 aliphatic heterocycles. The molecule has 0 bridgehead atoms. The maximum Gasteiger partial charge on any atom is 0.270 e. The average molecular weight is 502 g/mol. The number of unbranched alkanes of at least 4 members (excludes halogenated alkanes) is 4. The molecule has 2 fully saturated rings. The molecule has 0 aromatic carbocycles. The number of nitriles is 1. The number of piperazine rings is 1. The fraction of sp³-hybridized carbons (Fsp3) is 0.600. The molecule has 0 atom stereocenters. The summed E-state index contributed by atoms with van der Waals surface area (Å²) in [5.41, 5.74) is 1.19. The largest absolute Gasteiger partial charge is 0.355 e. The van der Waals surface area contributed by atoms with E-state index in [1.54, 1.807) is 23.4 Å². The second-order valence-corrected chi connectivity index (χ2v) is 10.6. The highest BCUT2D eigenvalue weighted by atomic mass is 32.2. The smallest absolute Gasteiger partial charge is 0.270 e. The van der Waals surface area contributed by atoms with Gasteiger partial charge in [0.25, 0.3) is 11.5 Å². The third-order valence-electron chi connectivity index (χ3n) is 6.72. The molecule has 3 heterocycles. The Bertz CT molecular complexity index is 1060. The van der Waals surface area contributed by atoms with E-state index >= 15 is 0 Å². The number of thiocarbonyl (C=S) groups is 1. The van der Waals surface area contributed by atoms with Crippen LogP contribution in [0.2, 0.25) is 0 Å². The second kappa shape index (κ2) is 12.0. The quantitative estimate of drug-likeness (QED) is 0.289. The van der Waals surface area contributed by atoms with Crippen LogP contribution in [0, 0.1) is 18.3 Å². The van der Waals surface area contributed by atoms with Crippen LogP contribution < -0.4 is 10.5 Å². The number of thioether (sulfide) groups is 1. The van der Waals surface area contributed by atoms with E-state index in [1.807, 2.05) is 6.08 Å². The number of carbonyl (C=O) groups excluding carboxylic acids is 1. The monoisotopic (exact) mass is 501 g/mol. The summed E-state index contributed by atoms with van der Waals surface area (Å²) in [6, 6.07) is 2.07. The lowest BCUT2D eigenvalue weighted by molar-refractivity contribution is -0.122. The summed E-state index contributed by atoms with van der Waals surface area (Å²) in [6.07, 6.45) is 7.43. The fourth-order valence-electron chi connectivity index (χ4n) is 4.57. The molecule has 0 aliphatic carbocycles. The molecule has 2 saturated heterocycles. The van der Waals surface area contributed by atoms with Crippen molar-refractivity contribution in [1.29, 1.82) is 5.26 Å². The first-order chi connectivity index (χ1) is 16.3. The van der Waals surface area contributed by atoms with Gasteiger partial charge in [-0.2, -0.15) is 5.26 Å². The van der Waals surface area contributed by atoms with Crippen LogP contribution in [-0.2, 0) is 11.8 Å². The van der Waals surface area contributed by atoms with Crippen molar-refractivity contribution < 1.29 is 4.79 Å². The van der Waals surface area contributed by atoms with E-state index in [-0.39, 0.29) is 17.0 Å². The lowest BCUT2D eigenvalue weighted by Gasteiger charge is -2.37. The Kier molecular flexibility index (Phi) is 9.34. The van der Waals surface area contributed by atoms with Gasteiger partial charge in [-0.15, -0.1) is 0 Å². The van der Waals surface area contributed by atoms with Gasteiger partial charge >= 0.3 is 0 Å². The van der Waals surface area contributed by atoms with Crippen LogP contribution in [0.3, 0.4) is 0 Å². The van der Waals surface area contributed by atoms with E-state index in [2.05, 4.69) is 29.7 Å². The molecule has 1 aromatic rings. The summed E-state index contributed by atoms with van der Waals surface area (Å²) in [7, 11) is 1.71. The molecule has 9 heteroatoms. The normalized spacial score (nSPS) is 18.3. The summed E-state index contributed by atoms with van der Waals surface area (Å²) in [4.78, 5) is 33.0. The van der Waals surface area contributed by atoms with Gasteiger partial charge in [-0.05, 0) is 31.5 Å². The summed E-state index contributed by atoms with van der Waals surface area (Å²) in [5, 5.41) is 9.67. The standard InChI is InChI=1S/C25H35N5O2S2/c1-5-7-8-9-10-11-30-24(32)21(34-25(30)33)16-19-18(3)20(17-26)23(31)27(4)22(19)29-14-12-28(6-2)13-15-29/h16H,5-15H2,1-4H3. The average Bonchev–Trinajstić information content (AvgIpc) is 3.10. The van der Waals surface area contributed by atoms with Crippen LogP contribution >= 0.6 is 24.0 Å². The highest BCUT2D eigenvalue weighted by Crippen LogP contribution is 2.36. The Morgan fingerprint density at radius 2 is 1.76 bits per heavy atom. The predicted molar refractivity (Wildman–Crippen MR) is 144 cm³/mol. The molecule has 0 saturated carbocycles. The number of likely N-dealkylation sites (N-methyl/N-ethyl adjacent to an activating group) is 1. The maximum atomic E-state index is 13.2. The SMILES string of the molecule is CCCCCCCN1C(=O)C(=Cc2c(C)c(C#N)c(=O)n(C)c2N2CCN(CC)CC2)SC1=S. The highest BCUT2D eigenvalue weighted by Gasteiger charge is 2.33. The van der Waals surface area contributed by atoms with Crippen molar-refractivity contribution in [1.82, 2.24) is 14.4 Å². The lowest BCUT2D eigenvalue weighted by Crippen LogP contribution is -2.48. The van der Waals surface area contributed by atoms with Gasteiger partial charge in [0, 0.05) is 45.3 Å². The first-order valence-corrected chi connectivity index (χ1v) is 13.4. The molecule has 184 valence electrons. The third-order valence-corrected chi connectivity index (χ3v) is 8.10. The van der Waals surface area contributed by atoms with E-state index in [0.717, 1.165) is 56.9 Å². The third kappa shape index (κ3) is 5.56. The molecule has 0 radical (unpaired) electrons. The number of pyridine rings is 1. The van der Waals surface area contributed by atoms with Crippen molar-refractivity contribution >= 4 is 46.1 Å². The van der Waals surface area contributed by atoms with Crippen LogP contribution in [0.15, 0.2) is 9.70 Å². The fourth-order valence-corrected chi connectivity index (χ4v) is 5.86. The first kappa shape index (κ1) is 26.5.